The second-order valence-electron chi connectivity index (χ2n) is 5.25. The van der Waals surface area contributed by atoms with E-state index in [0.717, 1.165) is 25.0 Å². The summed E-state index contributed by atoms with van der Waals surface area (Å²) in [7, 11) is 0. The van der Waals surface area contributed by atoms with E-state index in [1.807, 2.05) is 0 Å². The summed E-state index contributed by atoms with van der Waals surface area (Å²) in [6.07, 6.45) is 2.09. The topological polar surface area (TPSA) is 24.5 Å². The predicted molar refractivity (Wildman–Crippen MR) is 62.0 cm³/mol. The summed E-state index contributed by atoms with van der Waals surface area (Å²) in [5, 5.41) is 3.47. The Balaban J connectivity index is 1.95. The Labute approximate surface area is 93.2 Å². The van der Waals surface area contributed by atoms with Crippen molar-refractivity contribution in [3.05, 3.63) is 0 Å². The van der Waals surface area contributed by atoms with Gasteiger partial charge in [-0.15, -0.1) is 0 Å². The first-order chi connectivity index (χ1) is 7.16. The lowest BCUT2D eigenvalue weighted by atomic mass is 9.93. The van der Waals surface area contributed by atoms with Crippen LogP contribution in [-0.2, 0) is 4.74 Å². The van der Waals surface area contributed by atoms with Gasteiger partial charge < -0.3 is 10.1 Å². The zero-order valence-electron chi connectivity index (χ0n) is 10.2. The van der Waals surface area contributed by atoms with Crippen molar-refractivity contribution in [1.29, 1.82) is 0 Å². The summed E-state index contributed by atoms with van der Waals surface area (Å²) >= 11 is 0. The summed E-state index contributed by atoms with van der Waals surface area (Å²) in [6.45, 7) is 11.3. The van der Waals surface area contributed by atoms with E-state index < -0.39 is 0 Å². The second-order valence-corrected chi connectivity index (χ2v) is 5.25. The SMILES string of the molecule is CC1CN(C2CCNCC2C)CC(C)O1. The molecule has 2 rings (SSSR count). The van der Waals surface area contributed by atoms with Gasteiger partial charge in [0, 0.05) is 19.1 Å². The number of nitrogens with one attached hydrogen (secondary N) is 1. The van der Waals surface area contributed by atoms with Gasteiger partial charge in [-0.05, 0) is 39.3 Å². The molecular formula is C12H24N2O. The van der Waals surface area contributed by atoms with Gasteiger partial charge in [0.05, 0.1) is 12.2 Å². The van der Waals surface area contributed by atoms with Crippen molar-refractivity contribution < 1.29 is 4.74 Å². The molecule has 2 aliphatic rings. The first kappa shape index (κ1) is 11.4. The quantitative estimate of drug-likeness (QED) is 0.704. The van der Waals surface area contributed by atoms with Gasteiger partial charge in [-0.25, -0.2) is 0 Å². The van der Waals surface area contributed by atoms with E-state index in [9.17, 15) is 0 Å². The summed E-state index contributed by atoms with van der Waals surface area (Å²) < 4.78 is 5.79. The van der Waals surface area contributed by atoms with E-state index in [-0.39, 0.29) is 0 Å². The Bertz CT molecular complexity index is 200. The molecule has 0 spiro atoms. The third-order valence-electron chi connectivity index (χ3n) is 3.66. The average molecular weight is 212 g/mol. The van der Waals surface area contributed by atoms with Crippen molar-refractivity contribution in [2.45, 2.75) is 45.4 Å². The summed E-state index contributed by atoms with van der Waals surface area (Å²) in [6, 6.07) is 0.764. The largest absolute Gasteiger partial charge is 0.373 e. The highest BCUT2D eigenvalue weighted by molar-refractivity contribution is 4.86. The number of ether oxygens (including phenoxy) is 1. The number of morpholine rings is 1. The van der Waals surface area contributed by atoms with Gasteiger partial charge in [0.2, 0.25) is 0 Å². The van der Waals surface area contributed by atoms with Crippen LogP contribution in [0.2, 0.25) is 0 Å². The van der Waals surface area contributed by atoms with Gasteiger partial charge in [-0.1, -0.05) is 6.92 Å². The lowest BCUT2D eigenvalue weighted by Gasteiger charge is -2.44. The lowest BCUT2D eigenvalue weighted by molar-refractivity contribution is -0.0890. The van der Waals surface area contributed by atoms with Gasteiger partial charge in [-0.3, -0.25) is 4.90 Å². The van der Waals surface area contributed by atoms with Crippen molar-refractivity contribution in [1.82, 2.24) is 10.2 Å². The lowest BCUT2D eigenvalue weighted by Crippen LogP contribution is -2.55. The molecule has 2 aliphatic heterocycles. The summed E-state index contributed by atoms with van der Waals surface area (Å²) in [5.74, 6) is 0.774. The fourth-order valence-corrected chi connectivity index (χ4v) is 3.03. The van der Waals surface area contributed by atoms with E-state index >= 15 is 0 Å². The summed E-state index contributed by atoms with van der Waals surface area (Å²) in [4.78, 5) is 2.64. The first-order valence-corrected chi connectivity index (χ1v) is 6.27. The maximum Gasteiger partial charge on any atom is 0.0678 e. The standard InChI is InChI=1S/C12H24N2O/c1-9-6-13-5-4-12(9)14-7-10(2)15-11(3)8-14/h9-13H,4-8H2,1-3H3. The molecule has 0 aliphatic carbocycles. The van der Waals surface area contributed by atoms with Crippen LogP contribution in [0.5, 0.6) is 0 Å². The monoisotopic (exact) mass is 212 g/mol. The van der Waals surface area contributed by atoms with E-state index in [2.05, 4.69) is 31.0 Å². The Morgan fingerprint density at radius 1 is 1.13 bits per heavy atom. The molecule has 88 valence electrons. The average Bonchev–Trinajstić information content (AvgIpc) is 2.16. The van der Waals surface area contributed by atoms with E-state index in [0.29, 0.717) is 12.2 Å². The molecular weight excluding hydrogens is 188 g/mol. The molecule has 0 saturated carbocycles. The molecule has 2 saturated heterocycles. The maximum atomic E-state index is 5.79. The fourth-order valence-electron chi connectivity index (χ4n) is 3.03. The van der Waals surface area contributed by atoms with Crippen LogP contribution in [0.1, 0.15) is 27.2 Å². The number of rotatable bonds is 1. The van der Waals surface area contributed by atoms with Crippen LogP contribution in [0.25, 0.3) is 0 Å². The third kappa shape index (κ3) is 2.71. The minimum absolute atomic E-state index is 0.399. The molecule has 4 atom stereocenters. The van der Waals surface area contributed by atoms with E-state index in [1.54, 1.807) is 0 Å². The number of hydrogen-bond donors (Lipinski definition) is 1. The molecule has 4 unspecified atom stereocenters. The smallest absolute Gasteiger partial charge is 0.0678 e. The molecule has 2 heterocycles. The van der Waals surface area contributed by atoms with Crippen molar-refractivity contribution in [3.63, 3.8) is 0 Å². The van der Waals surface area contributed by atoms with Gasteiger partial charge in [0.25, 0.3) is 0 Å². The third-order valence-corrected chi connectivity index (χ3v) is 3.66. The maximum absolute atomic E-state index is 5.79. The minimum atomic E-state index is 0.399. The molecule has 0 radical (unpaired) electrons. The number of nitrogens with zero attached hydrogens (tertiary/aromatic N) is 1. The molecule has 0 aromatic carbocycles. The van der Waals surface area contributed by atoms with Crippen LogP contribution in [0.3, 0.4) is 0 Å². The zero-order valence-corrected chi connectivity index (χ0v) is 10.2. The Kier molecular flexibility index (Phi) is 3.65. The highest BCUT2D eigenvalue weighted by Gasteiger charge is 2.32. The molecule has 0 aromatic heterocycles. The Morgan fingerprint density at radius 2 is 1.80 bits per heavy atom. The summed E-state index contributed by atoms with van der Waals surface area (Å²) in [5.41, 5.74) is 0. The van der Waals surface area contributed by atoms with Crippen molar-refractivity contribution in [2.75, 3.05) is 26.2 Å². The second kappa shape index (κ2) is 4.81. The molecule has 3 heteroatoms. The molecule has 0 amide bonds. The van der Waals surface area contributed by atoms with Crippen LogP contribution in [-0.4, -0.2) is 49.3 Å². The van der Waals surface area contributed by atoms with E-state index in [1.165, 1.54) is 19.5 Å². The molecule has 0 aromatic rings. The normalized spacial score (nSPS) is 44.2. The fraction of sp³-hybridized carbons (Fsp3) is 1.00. The van der Waals surface area contributed by atoms with Crippen molar-refractivity contribution in [3.8, 4) is 0 Å². The van der Waals surface area contributed by atoms with Gasteiger partial charge >= 0.3 is 0 Å². The van der Waals surface area contributed by atoms with E-state index in [4.69, 9.17) is 4.74 Å². The minimum Gasteiger partial charge on any atom is -0.373 e. The molecule has 15 heavy (non-hydrogen) atoms. The predicted octanol–water partition coefficient (Wildman–Crippen LogP) is 1.09. The first-order valence-electron chi connectivity index (χ1n) is 6.27. The number of piperidine rings is 1. The van der Waals surface area contributed by atoms with Crippen LogP contribution >= 0.6 is 0 Å². The van der Waals surface area contributed by atoms with Crippen molar-refractivity contribution in [2.24, 2.45) is 5.92 Å². The van der Waals surface area contributed by atoms with Gasteiger partial charge in [-0.2, -0.15) is 0 Å². The van der Waals surface area contributed by atoms with Crippen LogP contribution in [0.15, 0.2) is 0 Å². The van der Waals surface area contributed by atoms with Gasteiger partial charge in [0.1, 0.15) is 0 Å². The zero-order chi connectivity index (χ0) is 10.8. The van der Waals surface area contributed by atoms with Crippen LogP contribution in [0.4, 0.5) is 0 Å². The van der Waals surface area contributed by atoms with Crippen molar-refractivity contribution >= 4 is 0 Å². The van der Waals surface area contributed by atoms with Crippen LogP contribution in [0, 0.1) is 5.92 Å². The van der Waals surface area contributed by atoms with Gasteiger partial charge in [0.15, 0.2) is 0 Å². The Morgan fingerprint density at radius 3 is 2.40 bits per heavy atom. The molecule has 1 N–H and O–H groups in total. The highest BCUT2D eigenvalue weighted by atomic mass is 16.5. The molecule has 2 fully saturated rings. The Hall–Kier alpha value is -0.120. The molecule has 3 nitrogen and oxygen atoms in total. The highest BCUT2D eigenvalue weighted by Crippen LogP contribution is 2.22. The molecule has 0 bridgehead atoms. The van der Waals surface area contributed by atoms with Crippen LogP contribution < -0.4 is 5.32 Å². The number of hydrogen-bond acceptors (Lipinski definition) is 3.